The van der Waals surface area contributed by atoms with Crippen LogP contribution in [0.15, 0.2) is 30.5 Å². The van der Waals surface area contributed by atoms with Crippen molar-refractivity contribution in [3.05, 3.63) is 52.6 Å². The summed E-state index contributed by atoms with van der Waals surface area (Å²) in [5, 5.41) is 7.58. The van der Waals surface area contributed by atoms with Crippen LogP contribution in [0, 0.1) is 5.82 Å². The molecule has 0 unspecified atom stereocenters. The van der Waals surface area contributed by atoms with E-state index in [1.807, 2.05) is 0 Å². The fourth-order valence-corrected chi connectivity index (χ4v) is 3.16. The fourth-order valence-electron chi connectivity index (χ4n) is 2.94. The molecule has 2 heterocycles. The van der Waals surface area contributed by atoms with Gasteiger partial charge in [-0.3, -0.25) is 14.4 Å². The summed E-state index contributed by atoms with van der Waals surface area (Å²) < 4.78 is 15.5. The van der Waals surface area contributed by atoms with Gasteiger partial charge in [0.05, 0.1) is 0 Å². The lowest BCUT2D eigenvalue weighted by Crippen LogP contribution is -2.44. The fraction of sp³-hybridized carbons (Fsp3) is 0.412. The van der Waals surface area contributed by atoms with Gasteiger partial charge in [-0.2, -0.15) is 5.10 Å². The molecule has 24 heavy (non-hydrogen) atoms. The quantitative estimate of drug-likeness (QED) is 0.922. The molecule has 1 fully saturated rings. The lowest BCUT2D eigenvalue weighted by Gasteiger charge is -2.32. The van der Waals surface area contributed by atoms with Gasteiger partial charge in [0.25, 0.3) is 5.91 Å². The first-order chi connectivity index (χ1) is 11.5. The molecule has 1 aromatic heterocycles. The second-order valence-electron chi connectivity index (χ2n) is 6.10. The van der Waals surface area contributed by atoms with Gasteiger partial charge in [0.15, 0.2) is 0 Å². The Morgan fingerprint density at radius 2 is 2.12 bits per heavy atom. The van der Waals surface area contributed by atoms with Crippen molar-refractivity contribution in [3.8, 4) is 0 Å². The van der Waals surface area contributed by atoms with Gasteiger partial charge >= 0.3 is 0 Å². The number of hydrogen-bond acceptors (Lipinski definition) is 3. The van der Waals surface area contributed by atoms with E-state index in [0.717, 1.165) is 25.9 Å². The summed E-state index contributed by atoms with van der Waals surface area (Å²) in [5.41, 5.74) is 0.966. The number of nitrogens with zero attached hydrogens (tertiary/aromatic N) is 3. The summed E-state index contributed by atoms with van der Waals surface area (Å²) >= 11 is 6.08. The van der Waals surface area contributed by atoms with E-state index in [9.17, 15) is 9.18 Å². The Kier molecular flexibility index (Phi) is 5.16. The molecule has 1 aliphatic rings. The van der Waals surface area contributed by atoms with Crippen molar-refractivity contribution in [2.45, 2.75) is 25.4 Å². The minimum atomic E-state index is -0.270. The van der Waals surface area contributed by atoms with Crippen LogP contribution < -0.4 is 5.32 Å². The third kappa shape index (κ3) is 3.94. The number of halogens is 2. The molecule has 0 saturated carbocycles. The van der Waals surface area contributed by atoms with E-state index in [4.69, 9.17) is 11.6 Å². The normalized spacial score (nSPS) is 16.3. The minimum Gasteiger partial charge on any atom is -0.348 e. The van der Waals surface area contributed by atoms with Gasteiger partial charge in [-0.15, -0.1) is 0 Å². The molecule has 0 aliphatic carbocycles. The van der Waals surface area contributed by atoms with Crippen molar-refractivity contribution in [1.29, 1.82) is 0 Å². The number of carbonyl (C=O) groups excluding carboxylic acids is 1. The molecule has 1 aromatic carbocycles. The van der Waals surface area contributed by atoms with Crippen molar-refractivity contribution >= 4 is 17.5 Å². The molecular formula is C17H20ClFN4O. The summed E-state index contributed by atoms with van der Waals surface area (Å²) in [6.45, 7) is 2.07. The highest BCUT2D eigenvalue weighted by atomic mass is 35.5. The molecule has 128 valence electrons. The molecular weight excluding hydrogens is 331 g/mol. The zero-order valence-electron chi connectivity index (χ0n) is 13.5. The third-order valence-electron chi connectivity index (χ3n) is 4.31. The zero-order valence-corrected chi connectivity index (χ0v) is 14.3. The number of benzene rings is 1. The Bertz CT molecular complexity index is 705. The molecule has 0 radical (unpaired) electrons. The number of nitrogens with one attached hydrogen (secondary N) is 1. The van der Waals surface area contributed by atoms with Gasteiger partial charge in [-0.1, -0.05) is 17.7 Å². The maximum atomic E-state index is 13.9. The van der Waals surface area contributed by atoms with Crippen LogP contribution in [0.2, 0.25) is 5.02 Å². The molecule has 1 N–H and O–H groups in total. The van der Waals surface area contributed by atoms with Crippen molar-refractivity contribution in [2.75, 3.05) is 13.1 Å². The number of rotatable bonds is 4. The Morgan fingerprint density at radius 1 is 1.38 bits per heavy atom. The zero-order chi connectivity index (χ0) is 17.1. The van der Waals surface area contributed by atoms with Crippen LogP contribution in [0.5, 0.6) is 0 Å². The van der Waals surface area contributed by atoms with Gasteiger partial charge in [-0.05, 0) is 31.0 Å². The molecule has 7 heteroatoms. The van der Waals surface area contributed by atoms with Gasteiger partial charge in [-0.25, -0.2) is 4.39 Å². The number of amides is 1. The smallest absolute Gasteiger partial charge is 0.271 e. The molecule has 1 saturated heterocycles. The summed E-state index contributed by atoms with van der Waals surface area (Å²) in [5.74, 6) is -0.417. The highest BCUT2D eigenvalue weighted by molar-refractivity contribution is 6.31. The molecule has 1 amide bonds. The first-order valence-corrected chi connectivity index (χ1v) is 8.36. The topological polar surface area (TPSA) is 50.2 Å². The van der Waals surface area contributed by atoms with Gasteiger partial charge in [0, 0.05) is 49.5 Å². The first-order valence-electron chi connectivity index (χ1n) is 7.98. The highest BCUT2D eigenvalue weighted by Gasteiger charge is 2.23. The lowest BCUT2D eigenvalue weighted by molar-refractivity contribution is 0.0903. The van der Waals surface area contributed by atoms with Crippen LogP contribution in [0.4, 0.5) is 4.39 Å². The van der Waals surface area contributed by atoms with Gasteiger partial charge in [0.1, 0.15) is 11.5 Å². The number of piperidine rings is 1. The molecule has 5 nitrogen and oxygen atoms in total. The predicted octanol–water partition coefficient (Wildman–Crippen LogP) is 2.61. The first kappa shape index (κ1) is 16.9. The highest BCUT2D eigenvalue weighted by Crippen LogP contribution is 2.22. The van der Waals surface area contributed by atoms with Crippen LogP contribution in [0.1, 0.15) is 28.9 Å². The van der Waals surface area contributed by atoms with Crippen LogP contribution in [0.3, 0.4) is 0 Å². The predicted molar refractivity (Wildman–Crippen MR) is 90.4 cm³/mol. The monoisotopic (exact) mass is 350 g/mol. The Hall–Kier alpha value is -1.92. The Morgan fingerprint density at radius 3 is 2.75 bits per heavy atom. The largest absolute Gasteiger partial charge is 0.348 e. The number of aromatic nitrogens is 2. The van der Waals surface area contributed by atoms with E-state index in [1.165, 1.54) is 6.07 Å². The summed E-state index contributed by atoms with van der Waals surface area (Å²) in [4.78, 5) is 14.3. The third-order valence-corrected chi connectivity index (χ3v) is 4.67. The average Bonchev–Trinajstić information content (AvgIpc) is 2.99. The lowest BCUT2D eigenvalue weighted by atomic mass is 10.0. The van der Waals surface area contributed by atoms with E-state index >= 15 is 0 Å². The summed E-state index contributed by atoms with van der Waals surface area (Å²) in [6.07, 6.45) is 3.39. The van der Waals surface area contributed by atoms with Gasteiger partial charge in [0.2, 0.25) is 0 Å². The summed E-state index contributed by atoms with van der Waals surface area (Å²) in [7, 11) is 1.78. The van der Waals surface area contributed by atoms with Crippen molar-refractivity contribution in [2.24, 2.45) is 7.05 Å². The van der Waals surface area contributed by atoms with Crippen LogP contribution in [-0.4, -0.2) is 39.7 Å². The van der Waals surface area contributed by atoms with E-state index in [-0.39, 0.29) is 17.8 Å². The molecule has 3 rings (SSSR count). The van der Waals surface area contributed by atoms with E-state index in [1.54, 1.807) is 36.1 Å². The number of aryl methyl sites for hydroxylation is 1. The average molecular weight is 351 g/mol. The number of carbonyl (C=O) groups is 1. The van der Waals surface area contributed by atoms with Crippen molar-refractivity contribution < 1.29 is 9.18 Å². The second kappa shape index (κ2) is 7.32. The summed E-state index contributed by atoms with van der Waals surface area (Å²) in [6, 6.07) is 6.57. The number of likely N-dealkylation sites (tertiary alicyclic amines) is 1. The molecule has 2 aromatic rings. The Labute approximate surface area is 145 Å². The van der Waals surface area contributed by atoms with Crippen molar-refractivity contribution in [3.63, 3.8) is 0 Å². The number of hydrogen-bond donors (Lipinski definition) is 1. The van der Waals surface area contributed by atoms with E-state index < -0.39 is 0 Å². The van der Waals surface area contributed by atoms with E-state index in [0.29, 0.717) is 22.8 Å². The SMILES string of the molecule is Cn1ccc(C(=O)NC2CCN(Cc3c(F)cccc3Cl)CC2)n1. The standard InChI is InChI=1S/C17H20ClFN4O/c1-22-8-7-16(21-22)17(24)20-12-5-9-23(10-6-12)11-13-14(18)3-2-4-15(13)19/h2-4,7-8,12H,5-6,9-11H2,1H3,(H,20,24). The molecule has 0 atom stereocenters. The molecule has 1 aliphatic heterocycles. The second-order valence-corrected chi connectivity index (χ2v) is 6.51. The molecule has 0 bridgehead atoms. The Balaban J connectivity index is 1.52. The van der Waals surface area contributed by atoms with Crippen molar-refractivity contribution in [1.82, 2.24) is 20.0 Å². The van der Waals surface area contributed by atoms with Crippen LogP contribution >= 0.6 is 11.6 Å². The maximum absolute atomic E-state index is 13.9. The van der Waals surface area contributed by atoms with Crippen LogP contribution in [0.25, 0.3) is 0 Å². The van der Waals surface area contributed by atoms with E-state index in [2.05, 4.69) is 15.3 Å². The maximum Gasteiger partial charge on any atom is 0.271 e. The van der Waals surface area contributed by atoms with Crippen LogP contribution in [-0.2, 0) is 13.6 Å². The molecule has 0 spiro atoms. The minimum absolute atomic E-state index is 0.117. The van der Waals surface area contributed by atoms with Gasteiger partial charge < -0.3 is 5.32 Å².